The summed E-state index contributed by atoms with van der Waals surface area (Å²) in [6.45, 7) is 1.76. The highest BCUT2D eigenvalue weighted by Crippen LogP contribution is 2.36. The van der Waals surface area contributed by atoms with Gasteiger partial charge in [0.15, 0.2) is 11.4 Å². The Bertz CT molecular complexity index is 694. The number of hydrogen-bond donors (Lipinski definition) is 1. The van der Waals surface area contributed by atoms with Gasteiger partial charge >= 0.3 is 6.18 Å². The predicted octanol–water partition coefficient (Wildman–Crippen LogP) is 3.65. The first-order valence-corrected chi connectivity index (χ1v) is 6.26. The van der Waals surface area contributed by atoms with Crippen molar-refractivity contribution in [1.29, 1.82) is 0 Å². The second-order valence-corrected chi connectivity index (χ2v) is 4.78. The lowest BCUT2D eigenvalue weighted by Crippen LogP contribution is -2.14. The summed E-state index contributed by atoms with van der Waals surface area (Å²) in [6, 6.07) is 6.87. The molecule has 1 amide bonds. The third kappa shape index (κ3) is 3.02. The monoisotopic (exact) mass is 317 g/mol. The third-order valence-electron chi connectivity index (χ3n) is 2.87. The number of benzene rings is 1. The Morgan fingerprint density at radius 3 is 2.48 bits per heavy atom. The van der Waals surface area contributed by atoms with Crippen LogP contribution in [-0.2, 0) is 13.2 Å². The van der Waals surface area contributed by atoms with Crippen LogP contribution >= 0.6 is 11.6 Å². The van der Waals surface area contributed by atoms with E-state index in [0.717, 1.165) is 12.6 Å². The maximum Gasteiger partial charge on any atom is 0.434 e. The van der Waals surface area contributed by atoms with Crippen LogP contribution in [0.25, 0.3) is 0 Å². The summed E-state index contributed by atoms with van der Waals surface area (Å²) in [4.78, 5) is 12.0. The summed E-state index contributed by atoms with van der Waals surface area (Å²) >= 11 is 5.65. The van der Waals surface area contributed by atoms with Crippen LogP contribution in [0.1, 0.15) is 21.7 Å². The van der Waals surface area contributed by atoms with Crippen LogP contribution < -0.4 is 5.32 Å². The third-order valence-corrected chi connectivity index (χ3v) is 3.22. The Kier molecular flexibility index (Phi) is 3.95. The van der Waals surface area contributed by atoms with Crippen molar-refractivity contribution in [3.05, 3.63) is 46.2 Å². The molecular formula is C13H11ClF3N3O. The fourth-order valence-corrected chi connectivity index (χ4v) is 2.20. The van der Waals surface area contributed by atoms with E-state index in [-0.39, 0.29) is 0 Å². The van der Waals surface area contributed by atoms with Crippen LogP contribution in [0.4, 0.5) is 18.9 Å². The number of rotatable bonds is 2. The number of para-hydroxylation sites is 1. The first-order valence-electron chi connectivity index (χ1n) is 5.88. The molecule has 0 fully saturated rings. The van der Waals surface area contributed by atoms with E-state index < -0.39 is 28.5 Å². The second kappa shape index (κ2) is 5.40. The smallest absolute Gasteiger partial charge is 0.320 e. The molecule has 21 heavy (non-hydrogen) atoms. The van der Waals surface area contributed by atoms with Crippen LogP contribution in [0.2, 0.25) is 5.02 Å². The lowest BCUT2D eigenvalue weighted by Gasteiger charge is -2.07. The number of amides is 1. The van der Waals surface area contributed by atoms with E-state index in [2.05, 4.69) is 10.4 Å². The standard InChI is InChI=1S/C13H11ClF3N3O/c1-7-5-3-4-6-8(7)18-12(21)10-9(14)11(13(15,16)17)20(2)19-10/h3-6H,1-2H3,(H,18,21). The number of aryl methyl sites for hydroxylation is 2. The van der Waals surface area contributed by atoms with Gasteiger partial charge in [0.2, 0.25) is 0 Å². The largest absolute Gasteiger partial charge is 0.434 e. The van der Waals surface area contributed by atoms with Crippen molar-refractivity contribution in [1.82, 2.24) is 9.78 Å². The normalized spacial score (nSPS) is 11.5. The van der Waals surface area contributed by atoms with Gasteiger partial charge in [-0.2, -0.15) is 18.3 Å². The Morgan fingerprint density at radius 1 is 1.33 bits per heavy atom. The number of carbonyl (C=O) groups excluding carboxylic acids is 1. The molecule has 1 N–H and O–H groups in total. The van der Waals surface area contributed by atoms with Gasteiger partial charge in [-0.3, -0.25) is 9.48 Å². The van der Waals surface area contributed by atoms with E-state index in [1.807, 2.05) is 0 Å². The van der Waals surface area contributed by atoms with E-state index in [4.69, 9.17) is 11.6 Å². The van der Waals surface area contributed by atoms with Crippen LogP contribution in [0.3, 0.4) is 0 Å². The summed E-state index contributed by atoms with van der Waals surface area (Å²) in [5, 5.41) is 5.34. The zero-order valence-corrected chi connectivity index (χ0v) is 11.9. The molecule has 0 unspecified atom stereocenters. The van der Waals surface area contributed by atoms with E-state index in [1.54, 1.807) is 31.2 Å². The van der Waals surface area contributed by atoms with Crippen molar-refractivity contribution >= 4 is 23.2 Å². The van der Waals surface area contributed by atoms with Gasteiger partial charge < -0.3 is 5.32 Å². The number of anilines is 1. The molecule has 0 bridgehead atoms. The molecule has 0 saturated carbocycles. The number of hydrogen-bond acceptors (Lipinski definition) is 2. The Morgan fingerprint density at radius 2 is 1.95 bits per heavy atom. The highest BCUT2D eigenvalue weighted by molar-refractivity contribution is 6.34. The minimum absolute atomic E-state index is 0.463. The van der Waals surface area contributed by atoms with E-state index in [0.29, 0.717) is 10.4 Å². The fourth-order valence-electron chi connectivity index (χ4n) is 1.85. The Balaban J connectivity index is 2.35. The molecule has 0 aliphatic rings. The second-order valence-electron chi connectivity index (χ2n) is 4.40. The van der Waals surface area contributed by atoms with E-state index in [1.165, 1.54) is 0 Å². The first-order chi connectivity index (χ1) is 9.71. The van der Waals surface area contributed by atoms with Crippen molar-refractivity contribution < 1.29 is 18.0 Å². The molecule has 2 rings (SSSR count). The maximum absolute atomic E-state index is 12.8. The van der Waals surface area contributed by atoms with Gasteiger partial charge in [0.05, 0.1) is 0 Å². The molecule has 0 spiro atoms. The van der Waals surface area contributed by atoms with E-state index >= 15 is 0 Å². The molecule has 2 aromatic rings. The Hall–Kier alpha value is -2.02. The molecule has 0 radical (unpaired) electrons. The van der Waals surface area contributed by atoms with Crippen LogP contribution in [0, 0.1) is 6.92 Å². The number of nitrogens with zero attached hydrogens (tertiary/aromatic N) is 2. The molecule has 0 aliphatic heterocycles. The van der Waals surface area contributed by atoms with Gasteiger partial charge in [0.1, 0.15) is 5.02 Å². The predicted molar refractivity (Wildman–Crippen MR) is 72.4 cm³/mol. The van der Waals surface area contributed by atoms with Gasteiger partial charge in [-0.1, -0.05) is 29.8 Å². The van der Waals surface area contributed by atoms with Gasteiger partial charge in [-0.25, -0.2) is 0 Å². The van der Waals surface area contributed by atoms with Crippen molar-refractivity contribution in [2.24, 2.45) is 7.05 Å². The average Bonchev–Trinajstić information content (AvgIpc) is 2.67. The summed E-state index contributed by atoms with van der Waals surface area (Å²) in [6.07, 6.45) is -4.68. The van der Waals surface area contributed by atoms with Crippen LogP contribution in [0.5, 0.6) is 0 Å². The number of halogens is 4. The quantitative estimate of drug-likeness (QED) is 0.919. The molecule has 112 valence electrons. The van der Waals surface area contributed by atoms with Crippen molar-refractivity contribution in [3.63, 3.8) is 0 Å². The molecule has 1 aromatic heterocycles. The molecule has 4 nitrogen and oxygen atoms in total. The molecular weight excluding hydrogens is 307 g/mol. The number of nitrogens with one attached hydrogen (secondary N) is 1. The minimum Gasteiger partial charge on any atom is -0.320 e. The lowest BCUT2D eigenvalue weighted by atomic mass is 10.2. The molecule has 0 saturated heterocycles. The number of alkyl halides is 3. The lowest BCUT2D eigenvalue weighted by molar-refractivity contribution is -0.143. The van der Waals surface area contributed by atoms with Crippen LogP contribution in [-0.4, -0.2) is 15.7 Å². The number of carbonyl (C=O) groups is 1. The zero-order chi connectivity index (χ0) is 15.8. The molecule has 1 aromatic carbocycles. The van der Waals surface area contributed by atoms with Crippen molar-refractivity contribution in [2.45, 2.75) is 13.1 Å². The Labute approximate surface area is 123 Å². The van der Waals surface area contributed by atoms with Crippen molar-refractivity contribution in [2.75, 3.05) is 5.32 Å². The highest BCUT2D eigenvalue weighted by atomic mass is 35.5. The number of aromatic nitrogens is 2. The van der Waals surface area contributed by atoms with Crippen molar-refractivity contribution in [3.8, 4) is 0 Å². The summed E-state index contributed by atoms with van der Waals surface area (Å²) < 4.78 is 39.0. The molecule has 0 atom stereocenters. The SMILES string of the molecule is Cc1ccccc1NC(=O)c1nn(C)c(C(F)(F)F)c1Cl. The maximum atomic E-state index is 12.8. The van der Waals surface area contributed by atoms with Gasteiger partial charge in [-0.15, -0.1) is 0 Å². The van der Waals surface area contributed by atoms with Gasteiger partial charge in [0, 0.05) is 12.7 Å². The minimum atomic E-state index is -4.68. The molecule has 1 heterocycles. The zero-order valence-electron chi connectivity index (χ0n) is 11.1. The van der Waals surface area contributed by atoms with E-state index in [9.17, 15) is 18.0 Å². The summed E-state index contributed by atoms with van der Waals surface area (Å²) in [5.74, 6) is -0.791. The molecule has 8 heteroatoms. The molecule has 0 aliphatic carbocycles. The highest BCUT2D eigenvalue weighted by Gasteiger charge is 2.40. The first kappa shape index (κ1) is 15.4. The summed E-state index contributed by atoms with van der Waals surface area (Å²) in [5.41, 5.74) is -0.361. The van der Waals surface area contributed by atoms with Crippen LogP contribution in [0.15, 0.2) is 24.3 Å². The van der Waals surface area contributed by atoms with Gasteiger partial charge in [0.25, 0.3) is 5.91 Å². The topological polar surface area (TPSA) is 46.9 Å². The fraction of sp³-hybridized carbons (Fsp3) is 0.231. The summed E-state index contributed by atoms with van der Waals surface area (Å²) in [7, 11) is 1.08. The van der Waals surface area contributed by atoms with Gasteiger partial charge in [-0.05, 0) is 18.6 Å². The average molecular weight is 318 g/mol.